The third-order valence-electron chi connectivity index (χ3n) is 4.59. The van der Waals surface area contributed by atoms with E-state index in [-0.39, 0.29) is 0 Å². The van der Waals surface area contributed by atoms with Gasteiger partial charge in [0.25, 0.3) is 0 Å². The number of unbranched alkanes of at least 4 members (excludes halogenated alkanes) is 2. The van der Waals surface area contributed by atoms with E-state index in [2.05, 4.69) is 61.5 Å². The second-order valence-corrected chi connectivity index (χ2v) is 6.08. The first-order valence-corrected chi connectivity index (χ1v) is 8.03. The Hall–Kier alpha value is -2.08. The van der Waals surface area contributed by atoms with Crippen LogP contribution >= 0.6 is 0 Å². The molecular weight excluding hydrogens is 252 g/mol. The van der Waals surface area contributed by atoms with E-state index in [0.717, 1.165) is 0 Å². The highest BCUT2D eigenvalue weighted by molar-refractivity contribution is 6.23. The first-order valence-electron chi connectivity index (χ1n) is 8.03. The van der Waals surface area contributed by atoms with Crippen molar-refractivity contribution in [2.75, 3.05) is 0 Å². The van der Waals surface area contributed by atoms with E-state index in [1.807, 2.05) is 0 Å². The van der Waals surface area contributed by atoms with Gasteiger partial charge in [0.2, 0.25) is 0 Å². The maximum atomic E-state index is 2.39. The SMILES string of the molecule is CCCCCc1cc2ccc3cccc4ccc(c1)c2c34. The molecule has 0 N–H and O–H groups in total. The first-order chi connectivity index (χ1) is 10.4. The second kappa shape index (κ2) is 5.04. The van der Waals surface area contributed by atoms with Crippen LogP contribution < -0.4 is 0 Å². The summed E-state index contributed by atoms with van der Waals surface area (Å²) in [6.45, 7) is 2.26. The lowest BCUT2D eigenvalue weighted by Gasteiger charge is -2.12. The molecule has 4 aromatic rings. The molecule has 0 spiro atoms. The molecule has 0 heterocycles. The molecule has 0 amide bonds. The van der Waals surface area contributed by atoms with Gasteiger partial charge in [0.1, 0.15) is 0 Å². The van der Waals surface area contributed by atoms with Gasteiger partial charge in [-0.15, -0.1) is 0 Å². The average molecular weight is 272 g/mol. The fourth-order valence-electron chi connectivity index (χ4n) is 3.54. The fraction of sp³-hybridized carbons (Fsp3) is 0.238. The fourth-order valence-corrected chi connectivity index (χ4v) is 3.54. The van der Waals surface area contributed by atoms with Gasteiger partial charge in [0, 0.05) is 0 Å². The highest BCUT2D eigenvalue weighted by Gasteiger charge is 2.08. The summed E-state index contributed by atoms with van der Waals surface area (Å²) in [5, 5.41) is 8.35. The summed E-state index contributed by atoms with van der Waals surface area (Å²) in [5.41, 5.74) is 1.48. The zero-order valence-electron chi connectivity index (χ0n) is 12.5. The Morgan fingerprint density at radius 1 is 0.667 bits per heavy atom. The van der Waals surface area contributed by atoms with Gasteiger partial charge >= 0.3 is 0 Å². The Labute approximate surface area is 125 Å². The molecule has 4 rings (SSSR count). The van der Waals surface area contributed by atoms with E-state index >= 15 is 0 Å². The summed E-state index contributed by atoms with van der Waals surface area (Å²) in [6.07, 6.45) is 5.10. The van der Waals surface area contributed by atoms with Crippen LogP contribution in [0.1, 0.15) is 31.7 Å². The van der Waals surface area contributed by atoms with Crippen molar-refractivity contribution in [2.24, 2.45) is 0 Å². The Balaban J connectivity index is 1.95. The molecule has 0 aromatic heterocycles. The molecule has 0 bridgehead atoms. The maximum Gasteiger partial charge on any atom is -0.00266 e. The maximum absolute atomic E-state index is 2.39. The zero-order chi connectivity index (χ0) is 14.2. The van der Waals surface area contributed by atoms with Crippen LogP contribution in [0.3, 0.4) is 0 Å². The minimum Gasteiger partial charge on any atom is -0.0654 e. The average Bonchev–Trinajstić information content (AvgIpc) is 2.53. The van der Waals surface area contributed by atoms with Gasteiger partial charge in [-0.25, -0.2) is 0 Å². The van der Waals surface area contributed by atoms with Gasteiger partial charge in [-0.3, -0.25) is 0 Å². The van der Waals surface area contributed by atoms with Crippen LogP contribution in [-0.2, 0) is 6.42 Å². The lowest BCUT2D eigenvalue weighted by molar-refractivity contribution is 0.718. The van der Waals surface area contributed by atoms with Crippen LogP contribution in [0.2, 0.25) is 0 Å². The predicted molar refractivity (Wildman–Crippen MR) is 93.4 cm³/mol. The highest BCUT2D eigenvalue weighted by Crippen LogP contribution is 2.35. The first kappa shape index (κ1) is 12.6. The smallest absolute Gasteiger partial charge is 0.00266 e. The number of benzene rings is 4. The van der Waals surface area contributed by atoms with Crippen LogP contribution in [0.4, 0.5) is 0 Å². The number of aryl methyl sites for hydroxylation is 1. The van der Waals surface area contributed by atoms with Crippen LogP contribution in [-0.4, -0.2) is 0 Å². The van der Waals surface area contributed by atoms with Crippen molar-refractivity contribution >= 4 is 32.3 Å². The van der Waals surface area contributed by atoms with E-state index in [9.17, 15) is 0 Å². The molecule has 0 unspecified atom stereocenters. The molecule has 21 heavy (non-hydrogen) atoms. The van der Waals surface area contributed by atoms with Crippen molar-refractivity contribution in [1.29, 1.82) is 0 Å². The standard InChI is InChI=1S/C21H20/c1-2-3-4-6-15-13-18-11-9-16-7-5-8-17-10-12-19(14-15)21(18)20(16)17/h5,7-14H,2-4,6H2,1H3. The minimum atomic E-state index is 1.20. The van der Waals surface area contributed by atoms with Crippen molar-refractivity contribution in [1.82, 2.24) is 0 Å². The molecular formula is C21H20. The Morgan fingerprint density at radius 3 is 1.86 bits per heavy atom. The molecule has 0 aliphatic rings. The topological polar surface area (TPSA) is 0 Å². The second-order valence-electron chi connectivity index (χ2n) is 6.08. The van der Waals surface area contributed by atoms with Crippen LogP contribution in [0.5, 0.6) is 0 Å². The van der Waals surface area contributed by atoms with Gasteiger partial charge in [-0.05, 0) is 50.7 Å². The Bertz CT molecular complexity index is 838. The third-order valence-corrected chi connectivity index (χ3v) is 4.59. The molecule has 0 aliphatic heterocycles. The summed E-state index contributed by atoms with van der Waals surface area (Å²) < 4.78 is 0. The number of hydrogen-bond acceptors (Lipinski definition) is 0. The van der Waals surface area contributed by atoms with Gasteiger partial charge in [-0.1, -0.05) is 74.4 Å². The van der Waals surface area contributed by atoms with E-state index in [0.29, 0.717) is 0 Å². The van der Waals surface area contributed by atoms with Gasteiger partial charge in [-0.2, -0.15) is 0 Å². The summed E-state index contributed by atoms with van der Waals surface area (Å²) in [4.78, 5) is 0. The van der Waals surface area contributed by atoms with E-state index in [4.69, 9.17) is 0 Å². The minimum absolute atomic E-state index is 1.20. The molecule has 4 aromatic carbocycles. The highest BCUT2D eigenvalue weighted by atomic mass is 14.1. The molecule has 0 saturated heterocycles. The largest absolute Gasteiger partial charge is 0.0654 e. The van der Waals surface area contributed by atoms with E-state index in [1.165, 1.54) is 63.6 Å². The molecule has 0 aliphatic carbocycles. The molecule has 0 nitrogen and oxygen atoms in total. The molecule has 0 saturated carbocycles. The predicted octanol–water partition coefficient (Wildman–Crippen LogP) is 6.32. The quantitative estimate of drug-likeness (QED) is 0.301. The summed E-state index contributed by atoms with van der Waals surface area (Å²) >= 11 is 0. The van der Waals surface area contributed by atoms with Crippen molar-refractivity contribution in [2.45, 2.75) is 32.6 Å². The Kier molecular flexibility index (Phi) is 3.03. The molecule has 0 atom stereocenters. The normalized spacial score (nSPS) is 11.9. The molecule has 0 radical (unpaired) electrons. The summed E-state index contributed by atoms with van der Waals surface area (Å²) in [5.74, 6) is 0. The van der Waals surface area contributed by atoms with Gasteiger partial charge < -0.3 is 0 Å². The molecule has 0 heteroatoms. The number of rotatable bonds is 4. The third kappa shape index (κ3) is 2.06. The lowest BCUT2D eigenvalue weighted by atomic mass is 9.92. The van der Waals surface area contributed by atoms with Crippen molar-refractivity contribution in [3.05, 3.63) is 60.2 Å². The van der Waals surface area contributed by atoms with Gasteiger partial charge in [0.15, 0.2) is 0 Å². The van der Waals surface area contributed by atoms with Crippen LogP contribution in [0, 0.1) is 0 Å². The van der Waals surface area contributed by atoms with Crippen LogP contribution in [0.15, 0.2) is 54.6 Å². The lowest BCUT2D eigenvalue weighted by Crippen LogP contribution is -1.89. The number of hydrogen-bond donors (Lipinski definition) is 0. The monoisotopic (exact) mass is 272 g/mol. The zero-order valence-corrected chi connectivity index (χ0v) is 12.5. The van der Waals surface area contributed by atoms with Crippen LogP contribution in [0.25, 0.3) is 32.3 Å². The summed E-state index contributed by atoms with van der Waals surface area (Å²) in [6, 6.07) is 20.5. The van der Waals surface area contributed by atoms with Crippen molar-refractivity contribution < 1.29 is 0 Å². The van der Waals surface area contributed by atoms with E-state index < -0.39 is 0 Å². The molecule has 104 valence electrons. The van der Waals surface area contributed by atoms with Crippen molar-refractivity contribution in [3.63, 3.8) is 0 Å². The summed E-state index contributed by atoms with van der Waals surface area (Å²) in [7, 11) is 0. The Morgan fingerprint density at radius 2 is 1.24 bits per heavy atom. The van der Waals surface area contributed by atoms with E-state index in [1.54, 1.807) is 0 Å². The molecule has 0 fully saturated rings. The van der Waals surface area contributed by atoms with Crippen molar-refractivity contribution in [3.8, 4) is 0 Å². The van der Waals surface area contributed by atoms with Gasteiger partial charge in [0.05, 0.1) is 0 Å².